The molecule has 0 amide bonds. The molecule has 0 aliphatic rings. The highest BCUT2D eigenvalue weighted by atomic mass is 79.9. The third kappa shape index (κ3) is 3.26. The van der Waals surface area contributed by atoms with E-state index in [-0.39, 0.29) is 18.8 Å². The Labute approximate surface area is 126 Å². The molecule has 0 spiro atoms. The molecule has 0 bridgehead atoms. The number of hydrogen-bond acceptors (Lipinski definition) is 2. The van der Waals surface area contributed by atoms with Gasteiger partial charge in [-0.2, -0.15) is 0 Å². The molecule has 2 nitrogen and oxygen atoms in total. The molecule has 0 aromatic heterocycles. The van der Waals surface area contributed by atoms with Crippen LogP contribution in [0.2, 0.25) is 0 Å². The molecule has 1 N–H and O–H groups in total. The molecule has 4 heteroatoms. The van der Waals surface area contributed by atoms with E-state index in [1.165, 1.54) is 13.2 Å². The van der Waals surface area contributed by atoms with Gasteiger partial charge in [0.05, 0.1) is 11.1 Å². The third-order valence-corrected chi connectivity index (χ3v) is 4.10. The SMILES string of the molecule is COCC(O)(Cc1cccc(F)c1Br)c1ccccc1. The number of benzene rings is 2. The van der Waals surface area contributed by atoms with Gasteiger partial charge in [-0.3, -0.25) is 0 Å². The van der Waals surface area contributed by atoms with Crippen LogP contribution >= 0.6 is 15.9 Å². The zero-order chi connectivity index (χ0) is 14.6. The number of ether oxygens (including phenoxy) is 1. The number of aliphatic hydroxyl groups is 1. The Bertz CT molecular complexity index is 574. The highest BCUT2D eigenvalue weighted by Gasteiger charge is 2.30. The Hall–Kier alpha value is -1.23. The fraction of sp³-hybridized carbons (Fsp3) is 0.250. The Kier molecular flexibility index (Phi) is 4.91. The molecule has 20 heavy (non-hydrogen) atoms. The van der Waals surface area contributed by atoms with E-state index in [2.05, 4.69) is 15.9 Å². The Morgan fingerprint density at radius 3 is 2.50 bits per heavy atom. The van der Waals surface area contributed by atoms with Crippen molar-refractivity contribution in [1.29, 1.82) is 0 Å². The lowest BCUT2D eigenvalue weighted by molar-refractivity contribution is -0.0356. The molecule has 2 rings (SSSR count). The highest BCUT2D eigenvalue weighted by molar-refractivity contribution is 9.10. The smallest absolute Gasteiger partial charge is 0.137 e. The quantitative estimate of drug-likeness (QED) is 0.901. The van der Waals surface area contributed by atoms with Gasteiger partial charge >= 0.3 is 0 Å². The topological polar surface area (TPSA) is 29.5 Å². The van der Waals surface area contributed by atoms with Gasteiger partial charge in [0.2, 0.25) is 0 Å². The molecule has 2 aromatic rings. The fourth-order valence-electron chi connectivity index (χ4n) is 2.22. The lowest BCUT2D eigenvalue weighted by Gasteiger charge is -2.28. The minimum Gasteiger partial charge on any atom is -0.382 e. The highest BCUT2D eigenvalue weighted by Crippen LogP contribution is 2.30. The molecule has 0 aliphatic heterocycles. The van der Waals surface area contributed by atoms with Crippen molar-refractivity contribution < 1.29 is 14.2 Å². The molecule has 0 radical (unpaired) electrons. The molecule has 0 aliphatic carbocycles. The van der Waals surface area contributed by atoms with Crippen LogP contribution in [0.4, 0.5) is 4.39 Å². The Morgan fingerprint density at radius 2 is 1.85 bits per heavy atom. The van der Waals surface area contributed by atoms with Crippen molar-refractivity contribution in [1.82, 2.24) is 0 Å². The van der Waals surface area contributed by atoms with Crippen LogP contribution < -0.4 is 0 Å². The number of hydrogen-bond donors (Lipinski definition) is 1. The zero-order valence-corrected chi connectivity index (χ0v) is 12.7. The van der Waals surface area contributed by atoms with Gasteiger partial charge in [0.15, 0.2) is 0 Å². The van der Waals surface area contributed by atoms with Gasteiger partial charge in [0.25, 0.3) is 0 Å². The molecule has 0 fully saturated rings. The largest absolute Gasteiger partial charge is 0.382 e. The molecule has 0 saturated carbocycles. The van der Waals surface area contributed by atoms with Crippen LogP contribution in [0.25, 0.3) is 0 Å². The van der Waals surface area contributed by atoms with Crippen LogP contribution in [0.5, 0.6) is 0 Å². The van der Waals surface area contributed by atoms with Crippen LogP contribution in [0.1, 0.15) is 11.1 Å². The van der Waals surface area contributed by atoms with E-state index in [9.17, 15) is 9.50 Å². The standard InChI is InChI=1S/C16H16BrFO2/c1-20-11-16(19,13-7-3-2-4-8-13)10-12-6-5-9-14(18)15(12)17/h2-9,19H,10-11H2,1H3. The normalized spacial score (nSPS) is 14.0. The predicted molar refractivity (Wildman–Crippen MR) is 80.0 cm³/mol. The lowest BCUT2D eigenvalue weighted by Crippen LogP contribution is -2.34. The maximum absolute atomic E-state index is 13.6. The van der Waals surface area contributed by atoms with E-state index in [1.807, 2.05) is 30.3 Å². The van der Waals surface area contributed by atoms with Gasteiger partial charge < -0.3 is 9.84 Å². The minimum atomic E-state index is -1.19. The second-order valence-corrected chi connectivity index (χ2v) is 5.51. The second-order valence-electron chi connectivity index (χ2n) is 4.72. The van der Waals surface area contributed by atoms with Crippen molar-refractivity contribution in [2.24, 2.45) is 0 Å². The van der Waals surface area contributed by atoms with E-state index < -0.39 is 5.60 Å². The predicted octanol–water partition coefficient (Wildman–Crippen LogP) is 3.66. The van der Waals surface area contributed by atoms with Crippen molar-refractivity contribution in [3.8, 4) is 0 Å². The van der Waals surface area contributed by atoms with Crippen molar-refractivity contribution >= 4 is 15.9 Å². The second kappa shape index (κ2) is 6.48. The number of methoxy groups -OCH3 is 1. The summed E-state index contributed by atoms with van der Waals surface area (Å²) in [6, 6.07) is 14.1. The maximum Gasteiger partial charge on any atom is 0.137 e. The summed E-state index contributed by atoms with van der Waals surface area (Å²) in [5, 5.41) is 10.9. The minimum absolute atomic E-state index is 0.139. The summed E-state index contributed by atoms with van der Waals surface area (Å²) in [5.41, 5.74) is 0.262. The van der Waals surface area contributed by atoms with Crippen LogP contribution in [0, 0.1) is 5.82 Å². The summed E-state index contributed by atoms with van der Waals surface area (Å²) < 4.78 is 19.1. The molecule has 1 unspecified atom stereocenters. The van der Waals surface area contributed by atoms with Crippen molar-refractivity contribution in [3.05, 3.63) is 69.9 Å². The van der Waals surface area contributed by atoms with Gasteiger partial charge in [0.1, 0.15) is 11.4 Å². The third-order valence-electron chi connectivity index (χ3n) is 3.21. The van der Waals surface area contributed by atoms with Gasteiger partial charge in [-0.1, -0.05) is 42.5 Å². The van der Waals surface area contributed by atoms with Crippen LogP contribution in [-0.2, 0) is 16.8 Å². The van der Waals surface area contributed by atoms with E-state index >= 15 is 0 Å². The van der Waals surface area contributed by atoms with Crippen molar-refractivity contribution in [2.75, 3.05) is 13.7 Å². The number of rotatable bonds is 5. The van der Waals surface area contributed by atoms with E-state index in [0.717, 1.165) is 5.56 Å². The molecular weight excluding hydrogens is 323 g/mol. The molecular formula is C16H16BrFO2. The Balaban J connectivity index is 2.37. The first-order valence-electron chi connectivity index (χ1n) is 6.26. The molecule has 0 saturated heterocycles. The van der Waals surface area contributed by atoms with Gasteiger partial charge in [-0.05, 0) is 33.1 Å². The average Bonchev–Trinajstić information content (AvgIpc) is 2.45. The van der Waals surface area contributed by atoms with Crippen molar-refractivity contribution in [3.63, 3.8) is 0 Å². The van der Waals surface area contributed by atoms with Gasteiger partial charge in [-0.25, -0.2) is 4.39 Å². The zero-order valence-electron chi connectivity index (χ0n) is 11.1. The maximum atomic E-state index is 13.6. The average molecular weight is 339 g/mol. The van der Waals surface area contributed by atoms with Crippen LogP contribution in [0.15, 0.2) is 53.0 Å². The van der Waals surface area contributed by atoms with E-state index in [4.69, 9.17) is 4.74 Å². The van der Waals surface area contributed by atoms with Crippen molar-refractivity contribution in [2.45, 2.75) is 12.0 Å². The van der Waals surface area contributed by atoms with Gasteiger partial charge in [0, 0.05) is 13.5 Å². The van der Waals surface area contributed by atoms with Crippen LogP contribution in [0.3, 0.4) is 0 Å². The summed E-state index contributed by atoms with van der Waals surface area (Å²) in [7, 11) is 1.54. The fourth-order valence-corrected chi connectivity index (χ4v) is 2.63. The first-order valence-corrected chi connectivity index (χ1v) is 7.06. The first-order chi connectivity index (χ1) is 9.57. The summed E-state index contributed by atoms with van der Waals surface area (Å²) in [5.74, 6) is -0.338. The lowest BCUT2D eigenvalue weighted by atomic mass is 9.88. The summed E-state index contributed by atoms with van der Waals surface area (Å²) >= 11 is 3.23. The summed E-state index contributed by atoms with van der Waals surface area (Å²) in [4.78, 5) is 0. The summed E-state index contributed by atoms with van der Waals surface area (Å²) in [6.07, 6.45) is 0.267. The molecule has 1 atom stereocenters. The Morgan fingerprint density at radius 1 is 1.15 bits per heavy atom. The first kappa shape index (κ1) is 15.2. The molecule has 106 valence electrons. The van der Waals surface area contributed by atoms with Crippen LogP contribution in [-0.4, -0.2) is 18.8 Å². The molecule has 2 aromatic carbocycles. The summed E-state index contributed by atoms with van der Waals surface area (Å²) in [6.45, 7) is 0.139. The monoisotopic (exact) mass is 338 g/mol. The van der Waals surface area contributed by atoms with Gasteiger partial charge in [-0.15, -0.1) is 0 Å². The van der Waals surface area contributed by atoms with E-state index in [1.54, 1.807) is 12.1 Å². The number of halogens is 2. The molecule has 0 heterocycles. The van der Waals surface area contributed by atoms with E-state index in [0.29, 0.717) is 10.0 Å².